The van der Waals surface area contributed by atoms with Gasteiger partial charge in [0.2, 0.25) is 0 Å². The minimum Gasteiger partial charge on any atom is -0.497 e. The molecule has 0 spiro atoms. The highest BCUT2D eigenvalue weighted by Crippen LogP contribution is 2.33. The van der Waals surface area contributed by atoms with Gasteiger partial charge in [-0.2, -0.15) is 0 Å². The molecule has 1 unspecified atom stereocenters. The summed E-state index contributed by atoms with van der Waals surface area (Å²) < 4.78 is 16.3. The third kappa shape index (κ3) is 6.48. The number of hydrogen-bond acceptors (Lipinski definition) is 7. The number of methoxy groups -OCH3 is 2. The number of carbonyl (C=O) groups is 2. The molecule has 0 saturated heterocycles. The standard InChI is InChI=1S/C35H33N3O5/c1-6-31(34(39)38-28-17-7-21(2)19-22(28)3)43-35(40)25-12-18-29-30(20-25)37-33(24-10-15-27(42-5)16-11-24)32(36-29)23-8-13-26(41-4)14-9-23/h7-20,31H,6H2,1-5H3,(H,38,39). The molecule has 0 aliphatic rings. The zero-order chi connectivity index (χ0) is 30.5. The number of amides is 1. The fourth-order valence-electron chi connectivity index (χ4n) is 4.77. The summed E-state index contributed by atoms with van der Waals surface area (Å²) in [5.74, 6) is 0.464. The first-order valence-electron chi connectivity index (χ1n) is 14.0. The van der Waals surface area contributed by atoms with E-state index in [2.05, 4.69) is 5.32 Å². The first kappa shape index (κ1) is 29.3. The molecule has 1 atom stereocenters. The lowest BCUT2D eigenvalue weighted by Crippen LogP contribution is -2.32. The van der Waals surface area contributed by atoms with Gasteiger partial charge in [0.15, 0.2) is 6.10 Å². The van der Waals surface area contributed by atoms with Crippen LogP contribution in [0.15, 0.2) is 84.9 Å². The normalized spacial score (nSPS) is 11.6. The Balaban J connectivity index is 1.46. The van der Waals surface area contributed by atoms with Gasteiger partial charge < -0.3 is 19.5 Å². The van der Waals surface area contributed by atoms with Gasteiger partial charge in [-0.15, -0.1) is 0 Å². The van der Waals surface area contributed by atoms with Crippen molar-refractivity contribution in [3.63, 3.8) is 0 Å². The average molecular weight is 576 g/mol. The van der Waals surface area contributed by atoms with Crippen molar-refractivity contribution in [2.24, 2.45) is 0 Å². The third-order valence-corrected chi connectivity index (χ3v) is 7.18. The van der Waals surface area contributed by atoms with E-state index in [1.54, 1.807) is 39.3 Å². The van der Waals surface area contributed by atoms with Crippen molar-refractivity contribution >= 4 is 28.6 Å². The lowest BCUT2D eigenvalue weighted by molar-refractivity contribution is -0.124. The predicted octanol–water partition coefficient (Wildman–Crippen LogP) is 7.17. The fraction of sp³-hybridized carbons (Fsp3) is 0.200. The lowest BCUT2D eigenvalue weighted by Gasteiger charge is -2.17. The first-order valence-corrected chi connectivity index (χ1v) is 14.0. The minimum absolute atomic E-state index is 0.275. The van der Waals surface area contributed by atoms with Crippen LogP contribution in [-0.4, -0.2) is 42.2 Å². The molecule has 1 aromatic heterocycles. The molecule has 8 nitrogen and oxygen atoms in total. The number of aryl methyl sites for hydroxylation is 2. The van der Waals surface area contributed by atoms with Gasteiger partial charge in [-0.1, -0.05) is 24.6 Å². The van der Waals surface area contributed by atoms with Crippen molar-refractivity contribution in [1.82, 2.24) is 9.97 Å². The number of aromatic nitrogens is 2. The Bertz CT molecular complexity index is 1780. The van der Waals surface area contributed by atoms with Crippen LogP contribution in [0.1, 0.15) is 34.8 Å². The third-order valence-electron chi connectivity index (χ3n) is 7.18. The number of carbonyl (C=O) groups excluding carboxylic acids is 2. The largest absolute Gasteiger partial charge is 0.497 e. The van der Waals surface area contributed by atoms with Gasteiger partial charge in [0.05, 0.1) is 42.2 Å². The average Bonchev–Trinajstić information content (AvgIpc) is 3.04. The van der Waals surface area contributed by atoms with Gasteiger partial charge in [0, 0.05) is 16.8 Å². The lowest BCUT2D eigenvalue weighted by atomic mass is 10.0. The van der Waals surface area contributed by atoms with Gasteiger partial charge >= 0.3 is 5.97 Å². The molecule has 0 saturated carbocycles. The molecule has 218 valence electrons. The number of benzene rings is 4. The second-order valence-electron chi connectivity index (χ2n) is 10.2. The smallest absolute Gasteiger partial charge is 0.338 e. The van der Waals surface area contributed by atoms with Crippen LogP contribution in [0.4, 0.5) is 5.69 Å². The Morgan fingerprint density at radius 3 is 1.86 bits per heavy atom. The Morgan fingerprint density at radius 2 is 1.33 bits per heavy atom. The monoisotopic (exact) mass is 575 g/mol. The molecule has 43 heavy (non-hydrogen) atoms. The SMILES string of the molecule is CCC(OC(=O)c1ccc2nc(-c3ccc(OC)cc3)c(-c3ccc(OC)cc3)nc2c1)C(=O)Nc1ccc(C)cc1C. The van der Waals surface area contributed by atoms with Crippen molar-refractivity contribution in [2.45, 2.75) is 33.3 Å². The summed E-state index contributed by atoms with van der Waals surface area (Å²) >= 11 is 0. The maximum Gasteiger partial charge on any atom is 0.338 e. The molecule has 0 bridgehead atoms. The van der Waals surface area contributed by atoms with Crippen LogP contribution >= 0.6 is 0 Å². The quantitative estimate of drug-likeness (QED) is 0.186. The van der Waals surface area contributed by atoms with E-state index in [9.17, 15) is 9.59 Å². The molecule has 1 heterocycles. The number of ether oxygens (including phenoxy) is 3. The van der Waals surface area contributed by atoms with Crippen molar-refractivity contribution in [1.29, 1.82) is 0 Å². The fourth-order valence-corrected chi connectivity index (χ4v) is 4.77. The molecule has 0 fully saturated rings. The number of anilines is 1. The summed E-state index contributed by atoms with van der Waals surface area (Å²) in [6.45, 7) is 5.71. The topological polar surface area (TPSA) is 99.6 Å². The van der Waals surface area contributed by atoms with E-state index < -0.39 is 12.1 Å². The number of rotatable bonds is 9. The van der Waals surface area contributed by atoms with Crippen molar-refractivity contribution in [2.75, 3.05) is 19.5 Å². The Morgan fingerprint density at radius 1 is 0.744 bits per heavy atom. The summed E-state index contributed by atoms with van der Waals surface area (Å²) in [4.78, 5) is 36.1. The summed E-state index contributed by atoms with van der Waals surface area (Å²) in [5, 5.41) is 2.88. The molecule has 5 aromatic rings. The summed E-state index contributed by atoms with van der Waals surface area (Å²) in [5.41, 5.74) is 7.15. The molecule has 1 N–H and O–H groups in total. The number of esters is 1. The molecule has 0 radical (unpaired) electrons. The van der Waals surface area contributed by atoms with Crippen LogP contribution < -0.4 is 14.8 Å². The van der Waals surface area contributed by atoms with Gasteiger partial charge in [0.25, 0.3) is 5.91 Å². The van der Waals surface area contributed by atoms with E-state index in [0.717, 1.165) is 33.8 Å². The highest BCUT2D eigenvalue weighted by atomic mass is 16.5. The zero-order valence-electron chi connectivity index (χ0n) is 24.8. The number of nitrogens with zero attached hydrogens (tertiary/aromatic N) is 2. The van der Waals surface area contributed by atoms with Crippen molar-refractivity contribution < 1.29 is 23.8 Å². The Hall–Kier alpha value is -5.24. The van der Waals surface area contributed by atoms with E-state index in [-0.39, 0.29) is 11.5 Å². The van der Waals surface area contributed by atoms with E-state index in [4.69, 9.17) is 24.2 Å². The van der Waals surface area contributed by atoms with E-state index >= 15 is 0 Å². The van der Waals surface area contributed by atoms with Crippen LogP contribution in [0.2, 0.25) is 0 Å². The molecular weight excluding hydrogens is 542 g/mol. The van der Waals surface area contributed by atoms with Crippen LogP contribution in [0, 0.1) is 13.8 Å². The van der Waals surface area contributed by atoms with Gasteiger partial charge in [-0.3, -0.25) is 4.79 Å². The molecule has 8 heteroatoms. The van der Waals surface area contributed by atoms with Gasteiger partial charge in [0.1, 0.15) is 11.5 Å². The number of nitrogens with one attached hydrogen (secondary N) is 1. The molecule has 0 aliphatic heterocycles. The summed E-state index contributed by atoms with van der Waals surface area (Å²) in [7, 11) is 3.24. The van der Waals surface area contributed by atoms with Gasteiger partial charge in [-0.25, -0.2) is 14.8 Å². The molecular formula is C35H33N3O5. The first-order chi connectivity index (χ1) is 20.8. The summed E-state index contributed by atoms with van der Waals surface area (Å²) in [6.07, 6.45) is -0.634. The summed E-state index contributed by atoms with van der Waals surface area (Å²) in [6, 6.07) is 25.9. The van der Waals surface area contributed by atoms with E-state index in [1.165, 1.54) is 0 Å². The molecule has 1 amide bonds. The van der Waals surface area contributed by atoms with Crippen LogP contribution in [-0.2, 0) is 9.53 Å². The minimum atomic E-state index is -0.956. The Labute approximate surface area is 250 Å². The number of fused-ring (bicyclic) bond motifs is 1. The second-order valence-corrected chi connectivity index (χ2v) is 10.2. The molecule has 5 rings (SSSR count). The van der Waals surface area contributed by atoms with Crippen LogP contribution in [0.25, 0.3) is 33.5 Å². The van der Waals surface area contributed by atoms with E-state index in [1.807, 2.05) is 80.6 Å². The maximum absolute atomic E-state index is 13.2. The van der Waals surface area contributed by atoms with E-state index in [0.29, 0.717) is 34.5 Å². The van der Waals surface area contributed by atoms with Crippen LogP contribution in [0.3, 0.4) is 0 Å². The van der Waals surface area contributed by atoms with Crippen molar-refractivity contribution in [3.05, 3.63) is 102 Å². The molecule has 0 aliphatic carbocycles. The van der Waals surface area contributed by atoms with Crippen LogP contribution in [0.5, 0.6) is 11.5 Å². The number of hydrogen-bond donors (Lipinski definition) is 1. The highest BCUT2D eigenvalue weighted by molar-refractivity contribution is 5.99. The van der Waals surface area contributed by atoms with Gasteiger partial charge in [-0.05, 0) is 98.6 Å². The highest BCUT2D eigenvalue weighted by Gasteiger charge is 2.23. The van der Waals surface area contributed by atoms with Crippen molar-refractivity contribution in [3.8, 4) is 34.0 Å². The Kier molecular flexibility index (Phi) is 8.66. The second kappa shape index (κ2) is 12.7. The maximum atomic E-state index is 13.2. The predicted molar refractivity (Wildman–Crippen MR) is 168 cm³/mol. The molecule has 4 aromatic carbocycles. The zero-order valence-corrected chi connectivity index (χ0v) is 24.8.